The first-order chi connectivity index (χ1) is 8.49. The van der Waals surface area contributed by atoms with Crippen LogP contribution in [0.1, 0.15) is 0 Å². The molecule has 0 aliphatic carbocycles. The van der Waals surface area contributed by atoms with Crippen molar-refractivity contribution in [2.24, 2.45) is 0 Å². The summed E-state index contributed by atoms with van der Waals surface area (Å²) in [6.45, 7) is 0. The monoisotopic (exact) mass is 290 g/mol. The number of ether oxygens (including phenoxy) is 1. The third-order valence-corrected chi connectivity index (χ3v) is 2.85. The molecule has 0 saturated carbocycles. The van der Waals surface area contributed by atoms with Crippen LogP contribution in [-0.4, -0.2) is 4.98 Å². The molecular weight excluding hydrogens is 285 g/mol. The Bertz CT molecular complexity index is 608. The average Bonchev–Trinajstić information content (AvgIpc) is 2.32. The lowest BCUT2D eigenvalue weighted by Gasteiger charge is -2.09. The van der Waals surface area contributed by atoms with E-state index in [0.29, 0.717) is 6.07 Å². The zero-order chi connectivity index (χ0) is 13.3. The molecule has 0 saturated heterocycles. The summed E-state index contributed by atoms with van der Waals surface area (Å²) < 4.78 is 31.4. The largest absolute Gasteiger partial charge is 0.435 e. The molecule has 0 atom stereocenters. The van der Waals surface area contributed by atoms with Crippen molar-refractivity contribution in [1.82, 2.24) is 4.98 Å². The van der Waals surface area contributed by atoms with Crippen LogP contribution in [0.4, 0.5) is 14.6 Å². The molecule has 0 fully saturated rings. The lowest BCUT2D eigenvalue weighted by atomic mass is 10.3. The molecule has 1 heterocycles. The number of hydrogen-bond donors (Lipinski definition) is 1. The van der Waals surface area contributed by atoms with E-state index in [1.54, 1.807) is 12.1 Å². The first kappa shape index (κ1) is 12.9. The highest BCUT2D eigenvalue weighted by Crippen LogP contribution is 2.35. The molecule has 0 spiro atoms. The highest BCUT2D eigenvalue weighted by Gasteiger charge is 2.14. The van der Waals surface area contributed by atoms with Crippen molar-refractivity contribution >= 4 is 29.0 Å². The van der Waals surface area contributed by atoms with Crippen molar-refractivity contribution in [2.75, 3.05) is 5.73 Å². The summed E-state index contributed by atoms with van der Waals surface area (Å²) >= 11 is 11.6. The molecule has 0 aliphatic heterocycles. The Balaban J connectivity index is 2.40. The van der Waals surface area contributed by atoms with Gasteiger partial charge in [0.05, 0.1) is 5.02 Å². The Morgan fingerprint density at radius 2 is 1.89 bits per heavy atom. The molecular formula is C11H6Cl2F2N2O. The second kappa shape index (κ2) is 4.96. The van der Waals surface area contributed by atoms with Crippen LogP contribution in [0.5, 0.6) is 11.6 Å². The molecule has 1 aromatic heterocycles. The molecule has 2 aromatic rings. The summed E-state index contributed by atoms with van der Waals surface area (Å²) in [4.78, 5) is 3.44. The van der Waals surface area contributed by atoms with Crippen molar-refractivity contribution in [3.05, 3.63) is 45.9 Å². The van der Waals surface area contributed by atoms with Crippen molar-refractivity contribution in [3.63, 3.8) is 0 Å². The van der Waals surface area contributed by atoms with E-state index in [9.17, 15) is 8.78 Å². The number of nitrogens with two attached hydrogens (primary N) is 1. The van der Waals surface area contributed by atoms with E-state index in [4.69, 9.17) is 33.7 Å². The maximum absolute atomic E-state index is 13.4. The van der Waals surface area contributed by atoms with Crippen molar-refractivity contribution in [3.8, 4) is 11.6 Å². The highest BCUT2D eigenvalue weighted by atomic mass is 35.5. The Morgan fingerprint density at radius 3 is 2.61 bits per heavy atom. The number of nitrogens with zero attached hydrogens (tertiary/aromatic N) is 1. The summed E-state index contributed by atoms with van der Waals surface area (Å²) in [5.41, 5.74) is 5.22. The second-order valence-corrected chi connectivity index (χ2v) is 4.08. The molecule has 18 heavy (non-hydrogen) atoms. The van der Waals surface area contributed by atoms with Gasteiger partial charge in [0.25, 0.3) is 5.88 Å². The zero-order valence-electron chi connectivity index (χ0n) is 8.75. The van der Waals surface area contributed by atoms with Gasteiger partial charge < -0.3 is 10.5 Å². The topological polar surface area (TPSA) is 48.1 Å². The van der Waals surface area contributed by atoms with Crippen LogP contribution in [-0.2, 0) is 0 Å². The van der Waals surface area contributed by atoms with Gasteiger partial charge in [-0.25, -0.2) is 8.78 Å². The molecule has 0 amide bonds. The highest BCUT2D eigenvalue weighted by molar-refractivity contribution is 6.42. The maximum Gasteiger partial charge on any atom is 0.258 e. The van der Waals surface area contributed by atoms with E-state index in [0.717, 1.165) is 0 Å². The minimum absolute atomic E-state index is 0.0987. The summed E-state index contributed by atoms with van der Waals surface area (Å²) in [5.74, 6) is -2.79. The van der Waals surface area contributed by atoms with Crippen LogP contribution in [0.15, 0.2) is 24.3 Å². The first-order valence-electron chi connectivity index (χ1n) is 4.72. The lowest BCUT2D eigenvalue weighted by molar-refractivity contribution is 0.418. The van der Waals surface area contributed by atoms with E-state index in [-0.39, 0.29) is 15.8 Å². The molecule has 94 valence electrons. The number of rotatable bonds is 2. The van der Waals surface area contributed by atoms with Gasteiger partial charge in [0, 0.05) is 6.07 Å². The summed E-state index contributed by atoms with van der Waals surface area (Å²) in [7, 11) is 0. The molecule has 0 radical (unpaired) electrons. The SMILES string of the molecule is Nc1nc(Oc2cccc(Cl)c2Cl)c(F)cc1F. The summed E-state index contributed by atoms with van der Waals surface area (Å²) in [5, 5.41) is 0.341. The van der Waals surface area contributed by atoms with E-state index in [1.807, 2.05) is 0 Å². The number of halogens is 4. The van der Waals surface area contributed by atoms with Gasteiger partial charge in [-0.15, -0.1) is 0 Å². The minimum Gasteiger partial charge on any atom is -0.435 e. The van der Waals surface area contributed by atoms with Crippen LogP contribution in [0.25, 0.3) is 0 Å². The summed E-state index contributed by atoms with van der Waals surface area (Å²) in [6, 6.07) is 5.15. The van der Waals surface area contributed by atoms with Crippen LogP contribution in [0, 0.1) is 11.6 Å². The number of hydrogen-bond acceptors (Lipinski definition) is 3. The van der Waals surface area contributed by atoms with Crippen LogP contribution < -0.4 is 10.5 Å². The molecule has 0 aliphatic rings. The third-order valence-electron chi connectivity index (χ3n) is 2.05. The van der Waals surface area contributed by atoms with E-state index >= 15 is 0 Å². The van der Waals surface area contributed by atoms with Gasteiger partial charge in [-0.1, -0.05) is 29.3 Å². The fraction of sp³-hybridized carbons (Fsp3) is 0. The minimum atomic E-state index is -0.988. The van der Waals surface area contributed by atoms with Crippen LogP contribution in [0.2, 0.25) is 10.0 Å². The molecule has 7 heteroatoms. The Hall–Kier alpha value is -1.59. The fourth-order valence-electron chi connectivity index (χ4n) is 1.20. The molecule has 2 N–H and O–H groups in total. The summed E-state index contributed by atoms with van der Waals surface area (Å²) in [6.07, 6.45) is 0. The smallest absolute Gasteiger partial charge is 0.258 e. The van der Waals surface area contributed by atoms with E-state index in [2.05, 4.69) is 4.98 Å². The predicted octanol–water partition coefficient (Wildman–Crippen LogP) is 4.04. The number of benzene rings is 1. The third kappa shape index (κ3) is 2.47. The normalized spacial score (nSPS) is 10.4. The predicted molar refractivity (Wildman–Crippen MR) is 65.1 cm³/mol. The van der Waals surface area contributed by atoms with E-state index < -0.39 is 23.3 Å². The van der Waals surface area contributed by atoms with E-state index in [1.165, 1.54) is 6.07 Å². The van der Waals surface area contributed by atoms with Gasteiger partial charge in [0.15, 0.2) is 17.5 Å². The van der Waals surface area contributed by atoms with Gasteiger partial charge in [-0.05, 0) is 12.1 Å². The quantitative estimate of drug-likeness (QED) is 0.908. The Morgan fingerprint density at radius 1 is 1.17 bits per heavy atom. The van der Waals surface area contributed by atoms with Crippen molar-refractivity contribution in [1.29, 1.82) is 0 Å². The van der Waals surface area contributed by atoms with Gasteiger partial charge in [-0.2, -0.15) is 4.98 Å². The average molecular weight is 291 g/mol. The van der Waals surface area contributed by atoms with Crippen molar-refractivity contribution in [2.45, 2.75) is 0 Å². The standard InChI is InChI=1S/C11H6Cl2F2N2O/c12-5-2-1-3-8(9(5)13)18-11-7(15)4-6(14)10(16)17-11/h1-4H,(H2,16,17). The second-order valence-electron chi connectivity index (χ2n) is 3.30. The van der Waals surface area contributed by atoms with Crippen LogP contribution in [0.3, 0.4) is 0 Å². The maximum atomic E-state index is 13.4. The zero-order valence-corrected chi connectivity index (χ0v) is 10.3. The van der Waals surface area contributed by atoms with Gasteiger partial charge in [-0.3, -0.25) is 0 Å². The van der Waals surface area contributed by atoms with Gasteiger partial charge in [0.1, 0.15) is 10.8 Å². The first-order valence-corrected chi connectivity index (χ1v) is 5.48. The molecule has 3 nitrogen and oxygen atoms in total. The Kier molecular flexibility index (Phi) is 3.54. The molecule has 2 rings (SSSR count). The number of anilines is 1. The molecule has 0 bridgehead atoms. The Labute approximate surface area is 111 Å². The van der Waals surface area contributed by atoms with Gasteiger partial charge >= 0.3 is 0 Å². The van der Waals surface area contributed by atoms with Gasteiger partial charge in [0.2, 0.25) is 0 Å². The van der Waals surface area contributed by atoms with Crippen LogP contribution >= 0.6 is 23.2 Å². The fourth-order valence-corrected chi connectivity index (χ4v) is 1.53. The van der Waals surface area contributed by atoms with Crippen molar-refractivity contribution < 1.29 is 13.5 Å². The molecule has 0 unspecified atom stereocenters. The molecule has 1 aromatic carbocycles. The number of nitrogen functional groups attached to an aromatic ring is 1. The number of aromatic nitrogens is 1. The lowest BCUT2D eigenvalue weighted by Crippen LogP contribution is -2.00. The number of pyridine rings is 1.